The van der Waals surface area contributed by atoms with E-state index in [4.69, 9.17) is 9.84 Å². The summed E-state index contributed by atoms with van der Waals surface area (Å²) in [7, 11) is 1.68. The van der Waals surface area contributed by atoms with E-state index < -0.39 is 11.9 Å². The molecule has 1 fully saturated rings. The van der Waals surface area contributed by atoms with E-state index in [-0.39, 0.29) is 11.8 Å². The SMILES string of the molecule is COCCCCCNC(=O)[C@H]1CC(C)C[C@H]1C(=O)O. The van der Waals surface area contributed by atoms with Crippen LogP contribution in [0.3, 0.4) is 0 Å². The molecule has 0 aromatic carbocycles. The van der Waals surface area contributed by atoms with Crippen LogP contribution in [0.5, 0.6) is 0 Å². The molecule has 1 aliphatic carbocycles. The number of carbonyl (C=O) groups is 2. The minimum atomic E-state index is -0.843. The monoisotopic (exact) mass is 271 g/mol. The third-order valence-electron chi connectivity index (χ3n) is 3.78. The number of hydrogen-bond acceptors (Lipinski definition) is 3. The van der Waals surface area contributed by atoms with E-state index in [1.807, 2.05) is 6.92 Å². The van der Waals surface area contributed by atoms with Gasteiger partial charge in [0, 0.05) is 20.3 Å². The summed E-state index contributed by atoms with van der Waals surface area (Å²) in [6.45, 7) is 3.38. The lowest BCUT2D eigenvalue weighted by atomic mass is 9.95. The third kappa shape index (κ3) is 5.19. The van der Waals surface area contributed by atoms with E-state index in [1.165, 1.54) is 0 Å². The highest BCUT2D eigenvalue weighted by molar-refractivity contribution is 5.85. The van der Waals surface area contributed by atoms with Crippen LogP contribution in [-0.2, 0) is 14.3 Å². The molecule has 3 atom stereocenters. The Morgan fingerprint density at radius 3 is 2.53 bits per heavy atom. The van der Waals surface area contributed by atoms with Crippen LogP contribution in [0.2, 0.25) is 0 Å². The molecule has 0 bridgehead atoms. The van der Waals surface area contributed by atoms with Crippen LogP contribution in [0.4, 0.5) is 0 Å². The molecule has 1 unspecified atom stereocenters. The summed E-state index contributed by atoms with van der Waals surface area (Å²) in [6, 6.07) is 0. The van der Waals surface area contributed by atoms with Gasteiger partial charge in [0.05, 0.1) is 11.8 Å². The van der Waals surface area contributed by atoms with Crippen molar-refractivity contribution >= 4 is 11.9 Å². The quantitative estimate of drug-likeness (QED) is 0.658. The van der Waals surface area contributed by atoms with Crippen molar-refractivity contribution in [2.45, 2.75) is 39.0 Å². The van der Waals surface area contributed by atoms with Crippen LogP contribution in [-0.4, -0.2) is 37.2 Å². The largest absolute Gasteiger partial charge is 0.481 e. The number of rotatable bonds is 8. The molecule has 0 aromatic rings. The second-order valence-corrected chi connectivity index (χ2v) is 5.47. The second-order valence-electron chi connectivity index (χ2n) is 5.47. The maximum atomic E-state index is 12.0. The number of amides is 1. The Morgan fingerprint density at radius 1 is 1.21 bits per heavy atom. The van der Waals surface area contributed by atoms with Gasteiger partial charge < -0.3 is 15.2 Å². The molecule has 0 radical (unpaired) electrons. The molecule has 19 heavy (non-hydrogen) atoms. The Morgan fingerprint density at radius 2 is 1.89 bits per heavy atom. The zero-order valence-electron chi connectivity index (χ0n) is 11.9. The van der Waals surface area contributed by atoms with Gasteiger partial charge in [0.2, 0.25) is 5.91 Å². The lowest BCUT2D eigenvalue weighted by Crippen LogP contribution is -2.35. The summed E-state index contributed by atoms with van der Waals surface area (Å²) in [5.41, 5.74) is 0. The van der Waals surface area contributed by atoms with Crippen molar-refractivity contribution in [2.75, 3.05) is 20.3 Å². The summed E-state index contributed by atoms with van der Waals surface area (Å²) in [4.78, 5) is 23.1. The number of carboxylic acids is 1. The Bertz CT molecular complexity index is 306. The van der Waals surface area contributed by atoms with Crippen LogP contribution in [0.25, 0.3) is 0 Å². The van der Waals surface area contributed by atoms with Crippen molar-refractivity contribution in [1.29, 1.82) is 0 Å². The minimum Gasteiger partial charge on any atom is -0.481 e. The summed E-state index contributed by atoms with van der Waals surface area (Å²) >= 11 is 0. The molecule has 0 spiro atoms. The molecular weight excluding hydrogens is 246 g/mol. The fourth-order valence-electron chi connectivity index (χ4n) is 2.75. The molecule has 5 nitrogen and oxygen atoms in total. The maximum absolute atomic E-state index is 12.0. The average Bonchev–Trinajstić information content (AvgIpc) is 2.76. The Labute approximate surface area is 114 Å². The predicted molar refractivity (Wildman–Crippen MR) is 71.8 cm³/mol. The van der Waals surface area contributed by atoms with Gasteiger partial charge in [0.25, 0.3) is 0 Å². The van der Waals surface area contributed by atoms with Gasteiger partial charge >= 0.3 is 5.97 Å². The number of aliphatic carboxylic acids is 1. The zero-order chi connectivity index (χ0) is 14.3. The molecule has 110 valence electrons. The van der Waals surface area contributed by atoms with Gasteiger partial charge in [0.15, 0.2) is 0 Å². The fraction of sp³-hybridized carbons (Fsp3) is 0.857. The molecule has 5 heteroatoms. The molecular formula is C14H25NO4. The summed E-state index contributed by atoms with van der Waals surface area (Å²) in [5, 5.41) is 12.0. The lowest BCUT2D eigenvalue weighted by Gasteiger charge is -2.15. The number of carboxylic acid groups (broad SMARTS) is 1. The smallest absolute Gasteiger partial charge is 0.307 e. The van der Waals surface area contributed by atoms with Gasteiger partial charge in [-0.05, 0) is 38.0 Å². The summed E-state index contributed by atoms with van der Waals surface area (Å²) in [5.74, 6) is -1.48. The normalized spacial score (nSPS) is 26.3. The topological polar surface area (TPSA) is 75.6 Å². The number of ether oxygens (including phenoxy) is 1. The predicted octanol–water partition coefficient (Wildman–Crippen LogP) is 1.67. The second kappa shape index (κ2) is 8.15. The zero-order valence-corrected chi connectivity index (χ0v) is 11.9. The first-order chi connectivity index (χ1) is 9.06. The number of hydrogen-bond donors (Lipinski definition) is 2. The van der Waals surface area contributed by atoms with Crippen LogP contribution in [0.1, 0.15) is 39.0 Å². The third-order valence-corrected chi connectivity index (χ3v) is 3.78. The van der Waals surface area contributed by atoms with E-state index in [9.17, 15) is 9.59 Å². The van der Waals surface area contributed by atoms with Crippen molar-refractivity contribution < 1.29 is 19.4 Å². The first kappa shape index (κ1) is 16.0. The van der Waals surface area contributed by atoms with E-state index in [1.54, 1.807) is 7.11 Å². The van der Waals surface area contributed by atoms with Crippen molar-refractivity contribution in [3.63, 3.8) is 0 Å². The summed E-state index contributed by atoms with van der Waals surface area (Å²) in [6.07, 6.45) is 4.21. The molecule has 0 heterocycles. The number of methoxy groups -OCH3 is 1. The van der Waals surface area contributed by atoms with Crippen LogP contribution < -0.4 is 5.32 Å². The van der Waals surface area contributed by atoms with Gasteiger partial charge in [-0.3, -0.25) is 9.59 Å². The van der Waals surface area contributed by atoms with Crippen LogP contribution >= 0.6 is 0 Å². The Balaban J connectivity index is 2.26. The number of unbranched alkanes of at least 4 members (excludes halogenated alkanes) is 2. The van der Waals surface area contributed by atoms with E-state index in [0.29, 0.717) is 25.3 Å². The van der Waals surface area contributed by atoms with E-state index in [0.717, 1.165) is 25.9 Å². The molecule has 0 aliphatic heterocycles. The van der Waals surface area contributed by atoms with E-state index >= 15 is 0 Å². The Hall–Kier alpha value is -1.10. The van der Waals surface area contributed by atoms with Crippen molar-refractivity contribution in [1.82, 2.24) is 5.32 Å². The highest BCUT2D eigenvalue weighted by atomic mass is 16.5. The number of carbonyl (C=O) groups excluding carboxylic acids is 1. The first-order valence-electron chi connectivity index (χ1n) is 7.05. The van der Waals surface area contributed by atoms with Crippen LogP contribution in [0.15, 0.2) is 0 Å². The Kier molecular flexibility index (Phi) is 6.84. The highest BCUT2D eigenvalue weighted by Crippen LogP contribution is 2.36. The standard InChI is InChI=1S/C14H25NO4/c1-10-8-11(12(9-10)14(17)18)13(16)15-6-4-3-5-7-19-2/h10-12H,3-9H2,1-2H3,(H,15,16)(H,17,18)/t10?,11-,12+/m0/s1. The fourth-order valence-corrected chi connectivity index (χ4v) is 2.75. The van der Waals surface area contributed by atoms with E-state index in [2.05, 4.69) is 5.32 Å². The van der Waals surface area contributed by atoms with Crippen molar-refractivity contribution in [3.8, 4) is 0 Å². The molecule has 2 N–H and O–H groups in total. The summed E-state index contributed by atoms with van der Waals surface area (Å²) < 4.78 is 4.95. The lowest BCUT2D eigenvalue weighted by molar-refractivity contribution is -0.146. The molecule has 1 rings (SSSR count). The molecule has 1 saturated carbocycles. The molecule has 1 aliphatic rings. The molecule has 1 amide bonds. The van der Waals surface area contributed by atoms with Gasteiger partial charge in [-0.25, -0.2) is 0 Å². The maximum Gasteiger partial charge on any atom is 0.307 e. The van der Waals surface area contributed by atoms with Gasteiger partial charge in [-0.15, -0.1) is 0 Å². The van der Waals surface area contributed by atoms with Crippen molar-refractivity contribution in [3.05, 3.63) is 0 Å². The molecule has 0 saturated heterocycles. The molecule has 0 aromatic heterocycles. The van der Waals surface area contributed by atoms with Gasteiger partial charge in [-0.1, -0.05) is 6.92 Å². The first-order valence-corrected chi connectivity index (χ1v) is 7.05. The average molecular weight is 271 g/mol. The number of nitrogens with one attached hydrogen (secondary N) is 1. The van der Waals surface area contributed by atoms with Gasteiger partial charge in [-0.2, -0.15) is 0 Å². The highest BCUT2D eigenvalue weighted by Gasteiger charge is 2.40. The van der Waals surface area contributed by atoms with Gasteiger partial charge in [0.1, 0.15) is 0 Å². The minimum absolute atomic E-state index is 0.0940. The van der Waals surface area contributed by atoms with Crippen LogP contribution in [0, 0.1) is 17.8 Å². The van der Waals surface area contributed by atoms with Crippen molar-refractivity contribution in [2.24, 2.45) is 17.8 Å².